The van der Waals surface area contributed by atoms with Gasteiger partial charge < -0.3 is 19.5 Å². The largest absolute Gasteiger partial charge is 0.459 e. The third-order valence-corrected chi connectivity index (χ3v) is 6.57. The standard InChI is InChI=1S/C24H34ClNO4/c1-3-29-24-20(10-7-15-27)21(17-11-13-18(25)14-12-17)16-22(30-24)23(28)26(2)19-8-5-4-6-9-19/h11-14,16,19-21,24,27H,3-10,15H2,1-2H3/t20-,21-,24-/m0/s1. The first-order chi connectivity index (χ1) is 14.5. The molecule has 3 atom stereocenters. The second-order valence-corrected chi connectivity index (χ2v) is 8.72. The van der Waals surface area contributed by atoms with Crippen LogP contribution >= 0.6 is 11.6 Å². The number of amides is 1. The molecule has 1 aliphatic carbocycles. The van der Waals surface area contributed by atoms with Crippen LogP contribution in [0.5, 0.6) is 0 Å². The van der Waals surface area contributed by atoms with Crippen LogP contribution in [0.3, 0.4) is 0 Å². The van der Waals surface area contributed by atoms with Gasteiger partial charge in [0.15, 0.2) is 5.76 Å². The van der Waals surface area contributed by atoms with Crippen LogP contribution in [0.4, 0.5) is 0 Å². The second kappa shape index (κ2) is 11.2. The zero-order chi connectivity index (χ0) is 21.5. The summed E-state index contributed by atoms with van der Waals surface area (Å²) in [6.45, 7) is 2.54. The minimum Gasteiger partial charge on any atom is -0.459 e. The number of aliphatic hydroxyl groups excluding tert-OH is 1. The fourth-order valence-electron chi connectivity index (χ4n) is 4.63. The topological polar surface area (TPSA) is 59.0 Å². The van der Waals surface area contributed by atoms with Gasteiger partial charge in [0.25, 0.3) is 5.91 Å². The van der Waals surface area contributed by atoms with E-state index < -0.39 is 6.29 Å². The molecule has 30 heavy (non-hydrogen) atoms. The molecule has 1 heterocycles. The molecule has 1 aliphatic heterocycles. The molecule has 0 spiro atoms. The monoisotopic (exact) mass is 435 g/mol. The van der Waals surface area contributed by atoms with Crippen molar-refractivity contribution in [1.29, 1.82) is 0 Å². The summed E-state index contributed by atoms with van der Waals surface area (Å²) in [7, 11) is 1.88. The molecular weight excluding hydrogens is 402 g/mol. The summed E-state index contributed by atoms with van der Waals surface area (Å²) in [6, 6.07) is 8.00. The highest BCUT2D eigenvalue weighted by molar-refractivity contribution is 6.30. The quantitative estimate of drug-likeness (QED) is 0.632. The fourth-order valence-corrected chi connectivity index (χ4v) is 4.76. The van der Waals surface area contributed by atoms with Crippen molar-refractivity contribution in [1.82, 2.24) is 4.90 Å². The number of aliphatic hydroxyl groups is 1. The van der Waals surface area contributed by atoms with Crippen molar-refractivity contribution in [3.63, 3.8) is 0 Å². The van der Waals surface area contributed by atoms with Crippen molar-refractivity contribution >= 4 is 17.5 Å². The van der Waals surface area contributed by atoms with Gasteiger partial charge in [-0.15, -0.1) is 0 Å². The van der Waals surface area contributed by atoms with Crippen LogP contribution in [0.15, 0.2) is 36.1 Å². The van der Waals surface area contributed by atoms with E-state index in [1.165, 1.54) is 19.3 Å². The van der Waals surface area contributed by atoms with E-state index in [0.29, 0.717) is 23.8 Å². The predicted molar refractivity (Wildman–Crippen MR) is 118 cm³/mol. The summed E-state index contributed by atoms with van der Waals surface area (Å²) >= 11 is 6.10. The second-order valence-electron chi connectivity index (χ2n) is 8.29. The van der Waals surface area contributed by atoms with Gasteiger partial charge in [0.2, 0.25) is 6.29 Å². The molecule has 0 radical (unpaired) electrons. The Kier molecular flexibility index (Phi) is 8.61. The summed E-state index contributed by atoms with van der Waals surface area (Å²) in [5.74, 6) is 0.250. The number of carbonyl (C=O) groups is 1. The van der Waals surface area contributed by atoms with Crippen LogP contribution < -0.4 is 0 Å². The first-order valence-corrected chi connectivity index (χ1v) is 11.6. The zero-order valence-electron chi connectivity index (χ0n) is 18.1. The molecule has 1 N–H and O–H groups in total. The Morgan fingerprint density at radius 1 is 1.23 bits per heavy atom. The normalized spacial score (nSPS) is 24.8. The maximum absolute atomic E-state index is 13.3. The third-order valence-electron chi connectivity index (χ3n) is 6.32. The number of ether oxygens (including phenoxy) is 2. The lowest BCUT2D eigenvalue weighted by atomic mass is 9.80. The number of hydrogen-bond donors (Lipinski definition) is 1. The fraction of sp³-hybridized carbons (Fsp3) is 0.625. The number of benzene rings is 1. The van der Waals surface area contributed by atoms with Gasteiger partial charge >= 0.3 is 0 Å². The Morgan fingerprint density at radius 3 is 2.57 bits per heavy atom. The Bertz CT molecular complexity index is 714. The van der Waals surface area contributed by atoms with Crippen molar-refractivity contribution < 1.29 is 19.4 Å². The maximum Gasteiger partial charge on any atom is 0.288 e. The highest BCUT2D eigenvalue weighted by atomic mass is 35.5. The average Bonchev–Trinajstić information content (AvgIpc) is 2.78. The van der Waals surface area contributed by atoms with E-state index in [0.717, 1.165) is 24.8 Å². The number of likely N-dealkylation sites (N-methyl/N-ethyl adjacent to an activating group) is 1. The van der Waals surface area contributed by atoms with Crippen molar-refractivity contribution in [2.45, 2.75) is 70.1 Å². The van der Waals surface area contributed by atoms with E-state index in [1.54, 1.807) is 0 Å². The predicted octanol–water partition coefficient (Wildman–Crippen LogP) is 4.88. The number of rotatable bonds is 8. The van der Waals surface area contributed by atoms with Gasteiger partial charge in [0.05, 0.1) is 0 Å². The third kappa shape index (κ3) is 5.57. The molecule has 0 saturated heterocycles. The number of allylic oxidation sites excluding steroid dienone is 1. The molecule has 3 rings (SSSR count). The molecule has 0 aromatic heterocycles. The SMILES string of the molecule is CCO[C@H]1OC(C(=O)N(C)C2CCCCC2)=C[C@@H](c2ccc(Cl)cc2)[C@@H]1CCCO. The van der Waals surface area contributed by atoms with Crippen LogP contribution in [-0.4, -0.2) is 48.5 Å². The van der Waals surface area contributed by atoms with Gasteiger partial charge in [-0.2, -0.15) is 0 Å². The highest BCUT2D eigenvalue weighted by Gasteiger charge is 2.39. The van der Waals surface area contributed by atoms with E-state index in [4.69, 9.17) is 21.1 Å². The van der Waals surface area contributed by atoms with Crippen LogP contribution in [0.25, 0.3) is 0 Å². The lowest BCUT2D eigenvalue weighted by Crippen LogP contribution is -2.43. The molecular formula is C24H34ClNO4. The molecule has 1 saturated carbocycles. The first-order valence-electron chi connectivity index (χ1n) is 11.2. The van der Waals surface area contributed by atoms with Crippen LogP contribution in [0.2, 0.25) is 5.02 Å². The van der Waals surface area contributed by atoms with Gasteiger partial charge in [-0.3, -0.25) is 4.79 Å². The molecule has 2 aliphatic rings. The van der Waals surface area contributed by atoms with Crippen LogP contribution in [0.1, 0.15) is 63.4 Å². The lowest BCUT2D eigenvalue weighted by Gasteiger charge is -2.39. The summed E-state index contributed by atoms with van der Waals surface area (Å²) in [5, 5.41) is 10.1. The summed E-state index contributed by atoms with van der Waals surface area (Å²) in [5.41, 5.74) is 1.07. The minimum absolute atomic E-state index is 0.00909. The number of nitrogens with zero attached hydrogens (tertiary/aromatic N) is 1. The molecule has 1 aromatic rings. The Morgan fingerprint density at radius 2 is 1.93 bits per heavy atom. The van der Waals surface area contributed by atoms with Gasteiger partial charge in [-0.1, -0.05) is 43.0 Å². The summed E-state index contributed by atoms with van der Waals surface area (Å²) in [4.78, 5) is 15.2. The molecule has 0 unspecified atom stereocenters. The van der Waals surface area contributed by atoms with E-state index in [-0.39, 0.29) is 30.4 Å². The van der Waals surface area contributed by atoms with E-state index in [9.17, 15) is 9.90 Å². The summed E-state index contributed by atoms with van der Waals surface area (Å²) in [6.07, 6.45) is 8.49. The molecule has 0 bridgehead atoms. The molecule has 6 heteroatoms. The van der Waals surface area contributed by atoms with Crippen molar-refractivity contribution in [2.75, 3.05) is 20.3 Å². The zero-order valence-corrected chi connectivity index (χ0v) is 18.8. The Labute approximate surface area is 185 Å². The van der Waals surface area contributed by atoms with Crippen LogP contribution in [-0.2, 0) is 14.3 Å². The number of carbonyl (C=O) groups excluding carboxylic acids is 1. The van der Waals surface area contributed by atoms with Crippen molar-refractivity contribution in [3.8, 4) is 0 Å². The van der Waals surface area contributed by atoms with E-state index >= 15 is 0 Å². The van der Waals surface area contributed by atoms with E-state index in [2.05, 4.69) is 0 Å². The van der Waals surface area contributed by atoms with Crippen molar-refractivity contribution in [2.24, 2.45) is 5.92 Å². The molecule has 1 amide bonds. The Hall–Kier alpha value is -1.56. The smallest absolute Gasteiger partial charge is 0.288 e. The Balaban J connectivity index is 1.90. The maximum atomic E-state index is 13.3. The number of halogens is 1. The highest BCUT2D eigenvalue weighted by Crippen LogP contribution is 2.40. The molecule has 5 nitrogen and oxygen atoms in total. The number of hydrogen-bond acceptors (Lipinski definition) is 4. The van der Waals surface area contributed by atoms with Gasteiger partial charge in [-0.25, -0.2) is 0 Å². The van der Waals surface area contributed by atoms with E-state index in [1.807, 2.05) is 49.2 Å². The minimum atomic E-state index is -0.522. The molecule has 1 fully saturated rings. The molecule has 166 valence electrons. The van der Waals surface area contributed by atoms with Gasteiger partial charge in [-0.05, 0) is 56.4 Å². The van der Waals surface area contributed by atoms with Gasteiger partial charge in [0, 0.05) is 43.2 Å². The van der Waals surface area contributed by atoms with Crippen LogP contribution in [0, 0.1) is 5.92 Å². The van der Waals surface area contributed by atoms with Gasteiger partial charge in [0.1, 0.15) is 0 Å². The lowest BCUT2D eigenvalue weighted by molar-refractivity contribution is -0.170. The first kappa shape index (κ1) is 23.1. The molecule has 1 aromatic carbocycles. The van der Waals surface area contributed by atoms with Crippen molar-refractivity contribution in [3.05, 3.63) is 46.7 Å². The summed E-state index contributed by atoms with van der Waals surface area (Å²) < 4.78 is 12.1. The average molecular weight is 436 g/mol.